The minimum Gasteiger partial charge on any atom is -0.497 e. The van der Waals surface area contributed by atoms with E-state index in [-0.39, 0.29) is 24.8 Å². The largest absolute Gasteiger partial charge is 0.497 e. The Labute approximate surface area is 184 Å². The van der Waals surface area contributed by atoms with E-state index in [1.807, 2.05) is 55.5 Å². The average Bonchev–Trinajstić information content (AvgIpc) is 3.14. The van der Waals surface area contributed by atoms with Crippen LogP contribution in [0.4, 0.5) is 10.8 Å². The van der Waals surface area contributed by atoms with Crippen LogP contribution >= 0.6 is 11.3 Å². The Morgan fingerprint density at radius 1 is 1.23 bits per heavy atom. The zero-order chi connectivity index (χ0) is 22.0. The Bertz CT molecular complexity index is 1110. The highest BCUT2D eigenvalue weighted by Gasteiger charge is 2.31. The number of nitrogens with one attached hydrogen (secondary N) is 1. The van der Waals surface area contributed by atoms with Crippen molar-refractivity contribution in [3.8, 4) is 22.8 Å². The van der Waals surface area contributed by atoms with Gasteiger partial charge in [0.15, 0.2) is 11.2 Å². The summed E-state index contributed by atoms with van der Waals surface area (Å²) < 4.78 is 10.8. The summed E-state index contributed by atoms with van der Waals surface area (Å²) in [5, 5.41) is 3.40. The molecule has 1 atom stereocenters. The van der Waals surface area contributed by atoms with Gasteiger partial charge in [-0.15, -0.1) is 11.3 Å². The van der Waals surface area contributed by atoms with Crippen LogP contribution in [0.2, 0.25) is 0 Å². The lowest BCUT2D eigenvalue weighted by Gasteiger charge is -2.32. The number of benzene rings is 2. The summed E-state index contributed by atoms with van der Waals surface area (Å²) in [5.74, 6) is 1.08. The molecule has 4 rings (SSSR count). The van der Waals surface area contributed by atoms with Crippen molar-refractivity contribution in [2.45, 2.75) is 26.4 Å². The summed E-state index contributed by atoms with van der Waals surface area (Å²) in [4.78, 5) is 32.3. The molecule has 160 valence electrons. The molecule has 0 fully saturated rings. The number of para-hydroxylation sites is 2. The second kappa shape index (κ2) is 8.77. The third-order valence-corrected chi connectivity index (χ3v) is 5.93. The highest BCUT2D eigenvalue weighted by Crippen LogP contribution is 2.34. The van der Waals surface area contributed by atoms with Crippen LogP contribution in [-0.2, 0) is 9.59 Å². The second-order valence-corrected chi connectivity index (χ2v) is 8.37. The van der Waals surface area contributed by atoms with Gasteiger partial charge in [-0.3, -0.25) is 9.59 Å². The summed E-state index contributed by atoms with van der Waals surface area (Å²) in [6.07, 6.45) is -0.421. The van der Waals surface area contributed by atoms with Crippen LogP contribution < -0.4 is 19.7 Å². The number of hydrogen-bond acceptors (Lipinski definition) is 6. The zero-order valence-corrected chi connectivity index (χ0v) is 18.4. The molecule has 2 heterocycles. The quantitative estimate of drug-likeness (QED) is 0.623. The molecule has 1 aliphatic rings. The Morgan fingerprint density at radius 2 is 1.97 bits per heavy atom. The molecule has 1 unspecified atom stereocenters. The Morgan fingerprint density at radius 3 is 2.71 bits per heavy atom. The molecule has 0 saturated heterocycles. The summed E-state index contributed by atoms with van der Waals surface area (Å²) in [7, 11) is 1.63. The van der Waals surface area contributed by atoms with Crippen molar-refractivity contribution >= 4 is 34.0 Å². The molecule has 2 amide bonds. The maximum atomic E-state index is 12.6. The van der Waals surface area contributed by atoms with E-state index >= 15 is 0 Å². The molecule has 3 aromatic rings. The number of anilines is 2. The van der Waals surface area contributed by atoms with E-state index < -0.39 is 6.10 Å². The van der Waals surface area contributed by atoms with E-state index in [1.165, 1.54) is 11.3 Å². The summed E-state index contributed by atoms with van der Waals surface area (Å²) in [6.45, 7) is 3.95. The van der Waals surface area contributed by atoms with Crippen LogP contribution in [0.1, 0.15) is 18.2 Å². The van der Waals surface area contributed by atoms with Gasteiger partial charge in [0.1, 0.15) is 11.5 Å². The molecule has 1 aromatic heterocycles. The van der Waals surface area contributed by atoms with Gasteiger partial charge >= 0.3 is 0 Å². The number of aryl methyl sites for hydroxylation is 1. The molecular formula is C23H23N3O4S. The molecule has 0 spiro atoms. The van der Waals surface area contributed by atoms with Crippen LogP contribution in [0.25, 0.3) is 11.3 Å². The maximum Gasteiger partial charge on any atom is 0.267 e. The molecule has 0 saturated carbocycles. The summed E-state index contributed by atoms with van der Waals surface area (Å²) in [5.41, 5.74) is 2.47. The molecule has 31 heavy (non-hydrogen) atoms. The first-order valence-electron chi connectivity index (χ1n) is 9.95. The van der Waals surface area contributed by atoms with Gasteiger partial charge in [0, 0.05) is 23.4 Å². The van der Waals surface area contributed by atoms with Crippen LogP contribution in [0.15, 0.2) is 48.5 Å². The number of thiazole rings is 1. The number of ether oxygens (including phenoxy) is 2. The van der Waals surface area contributed by atoms with Gasteiger partial charge in [0.25, 0.3) is 5.91 Å². The second-order valence-electron chi connectivity index (χ2n) is 7.17. The fraction of sp³-hybridized carbons (Fsp3) is 0.261. The number of rotatable bonds is 6. The van der Waals surface area contributed by atoms with Crippen LogP contribution in [-0.4, -0.2) is 36.6 Å². The predicted molar refractivity (Wildman–Crippen MR) is 121 cm³/mol. The monoisotopic (exact) mass is 437 g/mol. The van der Waals surface area contributed by atoms with Gasteiger partial charge < -0.3 is 19.7 Å². The van der Waals surface area contributed by atoms with E-state index in [4.69, 9.17) is 9.47 Å². The number of carbonyl (C=O) groups excluding carboxylic acids is 2. The Balaban J connectivity index is 1.42. The number of methoxy groups -OCH3 is 1. The molecule has 1 N–H and O–H groups in total. The van der Waals surface area contributed by atoms with E-state index in [0.29, 0.717) is 16.6 Å². The highest BCUT2D eigenvalue weighted by atomic mass is 32.1. The lowest BCUT2D eigenvalue weighted by molar-refractivity contribution is -0.125. The lowest BCUT2D eigenvalue weighted by atomic mass is 10.1. The zero-order valence-electron chi connectivity index (χ0n) is 17.5. The minimum atomic E-state index is -0.577. The van der Waals surface area contributed by atoms with Crippen LogP contribution in [0, 0.1) is 6.92 Å². The first-order valence-corrected chi connectivity index (χ1v) is 10.8. The van der Waals surface area contributed by atoms with Crippen molar-refractivity contribution in [3.63, 3.8) is 0 Å². The molecule has 0 aliphatic carbocycles. The van der Waals surface area contributed by atoms with E-state index in [0.717, 1.165) is 21.9 Å². The summed E-state index contributed by atoms with van der Waals surface area (Å²) >= 11 is 1.42. The first kappa shape index (κ1) is 20.9. The van der Waals surface area contributed by atoms with Crippen molar-refractivity contribution in [2.75, 3.05) is 23.9 Å². The number of carbonyl (C=O) groups is 2. The van der Waals surface area contributed by atoms with Crippen LogP contribution in [0.3, 0.4) is 0 Å². The van der Waals surface area contributed by atoms with E-state index in [2.05, 4.69) is 10.3 Å². The van der Waals surface area contributed by atoms with E-state index in [1.54, 1.807) is 18.9 Å². The smallest absolute Gasteiger partial charge is 0.267 e. The summed E-state index contributed by atoms with van der Waals surface area (Å²) in [6, 6.07) is 15.0. The van der Waals surface area contributed by atoms with Gasteiger partial charge in [-0.25, -0.2) is 4.98 Å². The maximum absolute atomic E-state index is 12.6. The van der Waals surface area contributed by atoms with Crippen molar-refractivity contribution in [1.29, 1.82) is 0 Å². The van der Waals surface area contributed by atoms with Crippen molar-refractivity contribution in [2.24, 2.45) is 0 Å². The molecule has 0 bridgehead atoms. The van der Waals surface area contributed by atoms with Gasteiger partial charge in [-0.2, -0.15) is 0 Å². The standard InChI is InChI=1S/C23H23N3O4S/c1-14-22(28)26(18-6-4-5-7-19(18)30-14)13-12-20(27)24-23-25-21(15(2)31-23)16-8-10-17(29-3)11-9-16/h4-11,14H,12-13H2,1-3H3,(H,24,25,27). The third kappa shape index (κ3) is 4.39. The lowest BCUT2D eigenvalue weighted by Crippen LogP contribution is -2.45. The number of amides is 2. The molecule has 8 heteroatoms. The Hall–Kier alpha value is -3.39. The average molecular weight is 438 g/mol. The van der Waals surface area contributed by atoms with Crippen molar-refractivity contribution in [3.05, 3.63) is 53.4 Å². The molecule has 0 radical (unpaired) electrons. The number of nitrogens with zero attached hydrogens (tertiary/aromatic N) is 2. The van der Waals surface area contributed by atoms with Gasteiger partial charge in [0.05, 0.1) is 18.5 Å². The topological polar surface area (TPSA) is 80.8 Å². The van der Waals surface area contributed by atoms with Gasteiger partial charge in [0.2, 0.25) is 5.91 Å². The van der Waals surface area contributed by atoms with Gasteiger partial charge in [-0.1, -0.05) is 12.1 Å². The third-order valence-electron chi connectivity index (χ3n) is 5.04. The predicted octanol–water partition coefficient (Wildman–Crippen LogP) is 4.27. The van der Waals surface area contributed by atoms with E-state index in [9.17, 15) is 9.59 Å². The van der Waals surface area contributed by atoms with Crippen molar-refractivity contribution < 1.29 is 19.1 Å². The molecule has 1 aliphatic heterocycles. The fourth-order valence-corrected chi connectivity index (χ4v) is 4.30. The normalized spacial score (nSPS) is 15.3. The minimum absolute atomic E-state index is 0.154. The fourth-order valence-electron chi connectivity index (χ4n) is 3.45. The molecule has 7 nitrogen and oxygen atoms in total. The molecule has 2 aromatic carbocycles. The molecular weight excluding hydrogens is 414 g/mol. The van der Waals surface area contributed by atoms with Crippen molar-refractivity contribution in [1.82, 2.24) is 4.98 Å². The SMILES string of the molecule is COc1ccc(-c2nc(NC(=O)CCN3C(=O)C(C)Oc4ccccc43)sc2C)cc1. The van der Waals surface area contributed by atoms with Gasteiger partial charge in [-0.05, 0) is 50.2 Å². The number of fused-ring (bicyclic) bond motifs is 1. The number of hydrogen-bond donors (Lipinski definition) is 1. The first-order chi connectivity index (χ1) is 15.0. The number of aromatic nitrogens is 1. The van der Waals surface area contributed by atoms with Crippen LogP contribution in [0.5, 0.6) is 11.5 Å². The Kier molecular flexibility index (Phi) is 5.90. The highest BCUT2D eigenvalue weighted by molar-refractivity contribution is 7.16.